The third-order valence-electron chi connectivity index (χ3n) is 8.55. The number of benzene rings is 1. The van der Waals surface area contributed by atoms with Gasteiger partial charge >= 0.3 is 7.60 Å². The Morgan fingerprint density at radius 1 is 0.811 bits per heavy atom. The number of hydrogen-bond acceptors (Lipinski definition) is 4. The lowest BCUT2D eigenvalue weighted by molar-refractivity contribution is 0.155. The van der Waals surface area contributed by atoms with Crippen molar-refractivity contribution in [2.75, 3.05) is 26.0 Å². The van der Waals surface area contributed by atoms with E-state index >= 15 is 4.39 Å². The first-order chi connectivity index (χ1) is 17.9. The summed E-state index contributed by atoms with van der Waals surface area (Å²) in [5, 5.41) is 0. The van der Waals surface area contributed by atoms with Crippen molar-refractivity contribution in [2.24, 2.45) is 17.8 Å². The summed E-state index contributed by atoms with van der Waals surface area (Å²) in [6.07, 6.45) is 15.6. The summed E-state index contributed by atoms with van der Waals surface area (Å²) in [4.78, 5) is 0. The normalized spacial score (nSPS) is 24.8. The second kappa shape index (κ2) is 15.6. The summed E-state index contributed by atoms with van der Waals surface area (Å²) < 4.78 is 58.4. The van der Waals surface area contributed by atoms with Gasteiger partial charge in [-0.25, -0.2) is 4.39 Å². The SMILES string of the molecule is CCCCCC1CCC(C2CCC(c3ccc(OCCCP(=O)(OCC)OCC)c(F)c3F)CC2)CC1. The lowest BCUT2D eigenvalue weighted by atomic mass is 9.68. The van der Waals surface area contributed by atoms with Crippen LogP contribution < -0.4 is 4.74 Å². The van der Waals surface area contributed by atoms with Gasteiger partial charge in [0.2, 0.25) is 5.82 Å². The molecule has 1 aromatic rings. The molecule has 1 aromatic carbocycles. The van der Waals surface area contributed by atoms with Gasteiger partial charge in [-0.15, -0.1) is 0 Å². The maximum atomic E-state index is 15.0. The van der Waals surface area contributed by atoms with Gasteiger partial charge in [-0.05, 0) is 94.1 Å². The third-order valence-corrected chi connectivity index (χ3v) is 10.7. The first-order valence-electron chi connectivity index (χ1n) is 14.9. The predicted molar refractivity (Wildman–Crippen MR) is 146 cm³/mol. The molecule has 0 N–H and O–H groups in total. The van der Waals surface area contributed by atoms with E-state index in [4.69, 9.17) is 13.8 Å². The highest BCUT2D eigenvalue weighted by Gasteiger charge is 2.32. The molecule has 2 aliphatic rings. The van der Waals surface area contributed by atoms with Gasteiger partial charge in [-0.3, -0.25) is 4.57 Å². The molecule has 37 heavy (non-hydrogen) atoms. The topological polar surface area (TPSA) is 44.8 Å². The Balaban J connectivity index is 1.45. The van der Waals surface area contributed by atoms with E-state index < -0.39 is 19.2 Å². The summed E-state index contributed by atoms with van der Waals surface area (Å²) in [5.74, 6) is 0.786. The van der Waals surface area contributed by atoms with Crippen molar-refractivity contribution in [3.05, 3.63) is 29.3 Å². The molecule has 0 heterocycles. The molecule has 2 aliphatic carbocycles. The Kier molecular flexibility index (Phi) is 12.9. The lowest BCUT2D eigenvalue weighted by Crippen LogP contribution is -2.25. The molecule has 2 fully saturated rings. The summed E-state index contributed by atoms with van der Waals surface area (Å²) in [5.41, 5.74) is 0.486. The molecule has 0 atom stereocenters. The average Bonchev–Trinajstić information content (AvgIpc) is 2.90. The molecule has 0 aromatic heterocycles. The Bertz CT molecular complexity index is 838. The van der Waals surface area contributed by atoms with Gasteiger partial charge in [0.25, 0.3) is 0 Å². The van der Waals surface area contributed by atoms with E-state index in [1.807, 2.05) is 0 Å². The van der Waals surface area contributed by atoms with Gasteiger partial charge in [0.15, 0.2) is 11.6 Å². The van der Waals surface area contributed by atoms with Crippen molar-refractivity contribution in [2.45, 2.75) is 110 Å². The van der Waals surface area contributed by atoms with E-state index in [0.717, 1.165) is 43.4 Å². The zero-order chi connectivity index (χ0) is 26.7. The minimum absolute atomic E-state index is 0.0773. The summed E-state index contributed by atoms with van der Waals surface area (Å²) >= 11 is 0. The zero-order valence-electron chi connectivity index (χ0n) is 23.3. The van der Waals surface area contributed by atoms with E-state index in [1.165, 1.54) is 51.4 Å². The second-order valence-corrected chi connectivity index (χ2v) is 13.2. The van der Waals surface area contributed by atoms with Gasteiger partial charge in [-0.2, -0.15) is 4.39 Å². The van der Waals surface area contributed by atoms with Crippen molar-refractivity contribution in [1.82, 2.24) is 0 Å². The highest BCUT2D eigenvalue weighted by molar-refractivity contribution is 7.53. The lowest BCUT2D eigenvalue weighted by Gasteiger charge is -2.38. The molecule has 0 saturated heterocycles. The van der Waals surface area contributed by atoms with Crippen LogP contribution in [-0.4, -0.2) is 26.0 Å². The number of hydrogen-bond donors (Lipinski definition) is 0. The molecule has 0 amide bonds. The summed E-state index contributed by atoms with van der Waals surface area (Å²) in [6, 6.07) is 3.25. The molecule has 0 unspecified atom stereocenters. The molecular formula is C30H49F2O4P. The Labute approximate surface area is 223 Å². The molecule has 4 nitrogen and oxygen atoms in total. The molecule has 3 rings (SSSR count). The number of ether oxygens (including phenoxy) is 1. The van der Waals surface area contributed by atoms with Gasteiger partial charge in [0, 0.05) is 0 Å². The van der Waals surface area contributed by atoms with E-state index in [9.17, 15) is 8.96 Å². The molecule has 0 spiro atoms. The van der Waals surface area contributed by atoms with Crippen LogP contribution in [0, 0.1) is 29.4 Å². The highest BCUT2D eigenvalue weighted by atomic mass is 31.2. The van der Waals surface area contributed by atoms with Crippen LogP contribution in [0.15, 0.2) is 12.1 Å². The van der Waals surface area contributed by atoms with Crippen LogP contribution in [0.2, 0.25) is 0 Å². The van der Waals surface area contributed by atoms with Gasteiger partial charge in [-0.1, -0.05) is 51.5 Å². The minimum atomic E-state index is -3.16. The van der Waals surface area contributed by atoms with Crippen molar-refractivity contribution in [3.8, 4) is 5.75 Å². The average molecular weight is 543 g/mol. The smallest absolute Gasteiger partial charge is 0.330 e. The Morgan fingerprint density at radius 3 is 2.03 bits per heavy atom. The van der Waals surface area contributed by atoms with Crippen molar-refractivity contribution < 1.29 is 27.1 Å². The van der Waals surface area contributed by atoms with Crippen LogP contribution in [0.25, 0.3) is 0 Å². The fourth-order valence-electron chi connectivity index (χ4n) is 6.51. The summed E-state index contributed by atoms with van der Waals surface area (Å²) in [7, 11) is -3.16. The monoisotopic (exact) mass is 542 g/mol. The van der Waals surface area contributed by atoms with Crippen molar-refractivity contribution >= 4 is 7.60 Å². The largest absolute Gasteiger partial charge is 0.490 e. The molecule has 2 saturated carbocycles. The Morgan fingerprint density at radius 2 is 1.43 bits per heavy atom. The van der Waals surface area contributed by atoms with E-state index in [-0.39, 0.29) is 24.4 Å². The number of rotatable bonds is 15. The predicted octanol–water partition coefficient (Wildman–Crippen LogP) is 9.66. The second-order valence-electron chi connectivity index (χ2n) is 11.0. The van der Waals surface area contributed by atoms with Crippen LogP contribution in [0.1, 0.15) is 116 Å². The number of halogens is 2. The van der Waals surface area contributed by atoms with Crippen LogP contribution >= 0.6 is 7.60 Å². The maximum absolute atomic E-state index is 15.0. The fourth-order valence-corrected chi connectivity index (χ4v) is 8.14. The van der Waals surface area contributed by atoms with Crippen molar-refractivity contribution in [3.63, 3.8) is 0 Å². The molecule has 0 aliphatic heterocycles. The zero-order valence-corrected chi connectivity index (χ0v) is 24.2. The van der Waals surface area contributed by atoms with Crippen molar-refractivity contribution in [1.29, 1.82) is 0 Å². The third kappa shape index (κ3) is 9.04. The molecule has 0 radical (unpaired) electrons. The van der Waals surface area contributed by atoms with E-state index in [1.54, 1.807) is 26.0 Å². The maximum Gasteiger partial charge on any atom is 0.330 e. The van der Waals surface area contributed by atoms with Crippen LogP contribution in [-0.2, 0) is 13.6 Å². The molecule has 0 bridgehead atoms. The first-order valence-corrected chi connectivity index (χ1v) is 16.6. The quantitative estimate of drug-likeness (QED) is 0.163. The molecule has 7 heteroatoms. The Hall–Kier alpha value is -0.970. The van der Waals surface area contributed by atoms with Gasteiger partial charge in [0.1, 0.15) is 0 Å². The minimum Gasteiger partial charge on any atom is -0.490 e. The first kappa shape index (κ1) is 30.6. The summed E-state index contributed by atoms with van der Waals surface area (Å²) in [6.45, 7) is 6.49. The van der Waals surface area contributed by atoms with Crippen LogP contribution in [0.4, 0.5) is 8.78 Å². The fraction of sp³-hybridized carbons (Fsp3) is 0.800. The van der Waals surface area contributed by atoms with Crippen LogP contribution in [0.3, 0.4) is 0 Å². The molecule has 212 valence electrons. The van der Waals surface area contributed by atoms with Gasteiger partial charge < -0.3 is 13.8 Å². The molecular weight excluding hydrogens is 493 g/mol. The highest BCUT2D eigenvalue weighted by Crippen LogP contribution is 2.48. The standard InChI is InChI=1S/C30H49F2O4P/c1-4-7-8-10-23-11-13-24(14-12-23)25-15-17-26(18-16-25)27-19-20-28(30(32)29(27)31)34-21-9-22-37(33,35-5-2)36-6-3/h19-20,23-26H,4-18,21-22H2,1-3H3. The van der Waals surface area contributed by atoms with Crippen LogP contribution in [0.5, 0.6) is 5.75 Å². The number of unbranched alkanes of at least 4 members (excludes halogenated alkanes) is 2. The van der Waals surface area contributed by atoms with Gasteiger partial charge in [0.05, 0.1) is 26.0 Å². The van der Waals surface area contributed by atoms with E-state index in [2.05, 4.69) is 6.92 Å². The van der Waals surface area contributed by atoms with E-state index in [0.29, 0.717) is 25.2 Å².